The van der Waals surface area contributed by atoms with Gasteiger partial charge in [-0.3, -0.25) is 9.59 Å². The van der Waals surface area contributed by atoms with Gasteiger partial charge in [0.2, 0.25) is 5.78 Å². The van der Waals surface area contributed by atoms with Gasteiger partial charge in [0.25, 0.3) is 0 Å². The molecule has 26 heavy (non-hydrogen) atoms. The molecule has 0 saturated carbocycles. The van der Waals surface area contributed by atoms with E-state index in [-0.39, 0.29) is 11.6 Å². The molecule has 0 saturated heterocycles. The van der Waals surface area contributed by atoms with Crippen molar-refractivity contribution >= 4 is 17.5 Å². The summed E-state index contributed by atoms with van der Waals surface area (Å²) in [4.78, 5) is 39.6. The van der Waals surface area contributed by atoms with Gasteiger partial charge in [0.15, 0.2) is 11.9 Å². The van der Waals surface area contributed by atoms with E-state index in [2.05, 4.69) is 18.8 Å². The Balaban J connectivity index is 2.15. The van der Waals surface area contributed by atoms with E-state index >= 15 is 0 Å². The lowest BCUT2D eigenvalue weighted by atomic mass is 10.0. The molecular weight excluding hydrogens is 330 g/mol. The first-order chi connectivity index (χ1) is 12.1. The van der Waals surface area contributed by atoms with Crippen LogP contribution in [0.1, 0.15) is 81.6 Å². The Bertz CT molecular complexity index is 844. The molecule has 0 aliphatic heterocycles. The van der Waals surface area contributed by atoms with Crippen molar-refractivity contribution in [3.05, 3.63) is 57.9 Å². The second-order valence-corrected chi connectivity index (χ2v) is 6.87. The van der Waals surface area contributed by atoms with Crippen molar-refractivity contribution in [1.29, 1.82) is 0 Å². The van der Waals surface area contributed by atoms with E-state index in [0.717, 1.165) is 5.56 Å². The van der Waals surface area contributed by atoms with E-state index in [1.807, 2.05) is 12.1 Å². The SMILES string of the molecule is CC(=O)c1c(C)[nH]c(C(=O)[C@H](C)OC(=O)c2ccc(C(C)C)cc2)c1C. The number of aromatic nitrogens is 1. The van der Waals surface area contributed by atoms with E-state index < -0.39 is 12.1 Å². The Kier molecular flexibility index (Phi) is 5.80. The molecule has 0 amide bonds. The number of ether oxygens (including phenoxy) is 1. The molecule has 5 nitrogen and oxygen atoms in total. The number of esters is 1. The predicted octanol–water partition coefficient (Wildman–Crippen LogP) is 4.39. The number of nitrogens with one attached hydrogen (secondary N) is 1. The summed E-state index contributed by atoms with van der Waals surface area (Å²) < 4.78 is 5.32. The van der Waals surface area contributed by atoms with Crippen LogP contribution in [-0.4, -0.2) is 28.6 Å². The minimum Gasteiger partial charge on any atom is -0.451 e. The Hall–Kier alpha value is -2.69. The number of ketones is 2. The van der Waals surface area contributed by atoms with Crippen molar-refractivity contribution in [3.8, 4) is 0 Å². The largest absolute Gasteiger partial charge is 0.451 e. The molecular formula is C21H25NO4. The lowest BCUT2D eigenvalue weighted by molar-refractivity contribution is 0.0317. The van der Waals surface area contributed by atoms with Gasteiger partial charge < -0.3 is 9.72 Å². The van der Waals surface area contributed by atoms with Crippen molar-refractivity contribution < 1.29 is 19.1 Å². The summed E-state index contributed by atoms with van der Waals surface area (Å²) in [5.41, 5.74) is 3.57. The third-order valence-corrected chi connectivity index (χ3v) is 4.50. The van der Waals surface area contributed by atoms with Crippen molar-refractivity contribution in [2.45, 2.75) is 53.6 Å². The van der Waals surface area contributed by atoms with Gasteiger partial charge in [0.1, 0.15) is 0 Å². The molecule has 1 aromatic carbocycles. The quantitative estimate of drug-likeness (QED) is 0.616. The third kappa shape index (κ3) is 3.93. The minimum atomic E-state index is -0.955. The molecule has 1 aromatic heterocycles. The van der Waals surface area contributed by atoms with Crippen LogP contribution in [0.2, 0.25) is 0 Å². The summed E-state index contributed by atoms with van der Waals surface area (Å²) in [5.74, 6) is -0.639. The number of hydrogen-bond acceptors (Lipinski definition) is 4. The number of rotatable bonds is 6. The molecule has 1 N–H and O–H groups in total. The first kappa shape index (κ1) is 19.6. The van der Waals surface area contributed by atoms with Gasteiger partial charge in [-0.1, -0.05) is 26.0 Å². The number of aryl methyl sites for hydroxylation is 1. The Morgan fingerprint density at radius 1 is 1.00 bits per heavy atom. The second-order valence-electron chi connectivity index (χ2n) is 6.87. The van der Waals surface area contributed by atoms with Gasteiger partial charge in [0.05, 0.1) is 11.3 Å². The minimum absolute atomic E-state index is 0.106. The fourth-order valence-electron chi connectivity index (χ4n) is 3.01. The van der Waals surface area contributed by atoms with E-state index in [0.29, 0.717) is 34.0 Å². The van der Waals surface area contributed by atoms with Gasteiger partial charge in [-0.05, 0) is 56.9 Å². The lowest BCUT2D eigenvalue weighted by Crippen LogP contribution is -2.25. The smallest absolute Gasteiger partial charge is 0.338 e. The highest BCUT2D eigenvalue weighted by Crippen LogP contribution is 2.21. The van der Waals surface area contributed by atoms with Crippen molar-refractivity contribution in [2.75, 3.05) is 0 Å². The molecule has 0 radical (unpaired) electrons. The van der Waals surface area contributed by atoms with Crippen LogP contribution in [0.15, 0.2) is 24.3 Å². The zero-order valence-corrected chi connectivity index (χ0v) is 16.1. The van der Waals surface area contributed by atoms with E-state index in [9.17, 15) is 14.4 Å². The summed E-state index contributed by atoms with van der Waals surface area (Å²) >= 11 is 0. The van der Waals surface area contributed by atoms with E-state index in [1.54, 1.807) is 26.0 Å². The topological polar surface area (TPSA) is 76.2 Å². The Morgan fingerprint density at radius 3 is 2.04 bits per heavy atom. The molecule has 0 fully saturated rings. The fourth-order valence-corrected chi connectivity index (χ4v) is 3.01. The molecule has 0 spiro atoms. The van der Waals surface area contributed by atoms with Crippen LogP contribution >= 0.6 is 0 Å². The number of carbonyl (C=O) groups is 3. The van der Waals surface area contributed by atoms with Gasteiger partial charge in [-0.25, -0.2) is 4.79 Å². The zero-order chi connectivity index (χ0) is 19.6. The van der Waals surface area contributed by atoms with Gasteiger partial charge >= 0.3 is 5.97 Å². The molecule has 1 atom stereocenters. The first-order valence-corrected chi connectivity index (χ1v) is 8.68. The van der Waals surface area contributed by atoms with Crippen LogP contribution in [0.4, 0.5) is 0 Å². The first-order valence-electron chi connectivity index (χ1n) is 8.68. The number of carbonyl (C=O) groups excluding carboxylic acids is 3. The Labute approximate surface area is 153 Å². The number of hydrogen-bond donors (Lipinski definition) is 1. The summed E-state index contributed by atoms with van der Waals surface area (Å²) in [6.07, 6.45) is -0.955. The number of benzene rings is 1. The normalized spacial score (nSPS) is 12.1. The van der Waals surface area contributed by atoms with Crippen LogP contribution in [0.5, 0.6) is 0 Å². The number of H-pyrrole nitrogens is 1. The van der Waals surface area contributed by atoms with Gasteiger partial charge in [-0.2, -0.15) is 0 Å². The summed E-state index contributed by atoms with van der Waals surface area (Å²) in [7, 11) is 0. The van der Waals surface area contributed by atoms with Crippen LogP contribution in [0.25, 0.3) is 0 Å². The molecule has 0 aliphatic rings. The number of aromatic amines is 1. The zero-order valence-electron chi connectivity index (χ0n) is 16.1. The fraction of sp³-hybridized carbons (Fsp3) is 0.381. The van der Waals surface area contributed by atoms with Crippen LogP contribution < -0.4 is 0 Å². The highest BCUT2D eigenvalue weighted by Gasteiger charge is 2.26. The molecule has 2 rings (SSSR count). The average Bonchev–Trinajstić information content (AvgIpc) is 2.88. The molecule has 1 heterocycles. The third-order valence-electron chi connectivity index (χ3n) is 4.50. The van der Waals surface area contributed by atoms with Crippen molar-refractivity contribution in [3.63, 3.8) is 0 Å². The summed E-state index contributed by atoms with van der Waals surface area (Å²) in [6.45, 7) is 10.6. The molecule has 0 bridgehead atoms. The maximum atomic E-state index is 12.6. The maximum absolute atomic E-state index is 12.6. The molecule has 2 aromatic rings. The predicted molar refractivity (Wildman–Crippen MR) is 100 cm³/mol. The highest BCUT2D eigenvalue weighted by atomic mass is 16.5. The maximum Gasteiger partial charge on any atom is 0.338 e. The second kappa shape index (κ2) is 7.68. The lowest BCUT2D eigenvalue weighted by Gasteiger charge is -2.13. The van der Waals surface area contributed by atoms with Gasteiger partial charge in [-0.15, -0.1) is 0 Å². The summed E-state index contributed by atoms with van der Waals surface area (Å²) in [6, 6.07) is 7.16. The average molecular weight is 355 g/mol. The van der Waals surface area contributed by atoms with Crippen LogP contribution in [0.3, 0.4) is 0 Å². The van der Waals surface area contributed by atoms with Gasteiger partial charge in [0, 0.05) is 11.3 Å². The van der Waals surface area contributed by atoms with Crippen molar-refractivity contribution in [1.82, 2.24) is 4.98 Å². The molecule has 5 heteroatoms. The summed E-state index contributed by atoms with van der Waals surface area (Å²) in [5, 5.41) is 0. The van der Waals surface area contributed by atoms with E-state index in [1.165, 1.54) is 13.8 Å². The Morgan fingerprint density at radius 2 is 1.58 bits per heavy atom. The standard InChI is InChI=1S/C21H25NO4/c1-11(2)16-7-9-17(10-8-16)21(25)26-15(6)20(24)19-12(3)18(14(5)23)13(4)22-19/h7-11,15,22H,1-6H3/t15-/m0/s1. The van der Waals surface area contributed by atoms with E-state index in [4.69, 9.17) is 4.74 Å². The molecule has 0 aliphatic carbocycles. The van der Waals surface area contributed by atoms with Crippen LogP contribution in [-0.2, 0) is 4.74 Å². The van der Waals surface area contributed by atoms with Crippen molar-refractivity contribution in [2.24, 2.45) is 0 Å². The monoisotopic (exact) mass is 355 g/mol. The number of Topliss-reactive ketones (excluding diaryl/α,β-unsaturated/α-hetero) is 2. The van der Waals surface area contributed by atoms with Crippen LogP contribution in [0, 0.1) is 13.8 Å². The molecule has 138 valence electrons. The molecule has 0 unspecified atom stereocenters. The highest BCUT2D eigenvalue weighted by molar-refractivity contribution is 6.05.